The van der Waals surface area contributed by atoms with Crippen LogP contribution in [0.2, 0.25) is 0 Å². The number of hydrogen-bond donors (Lipinski definition) is 1. The third-order valence-corrected chi connectivity index (χ3v) is 3.80. The van der Waals surface area contributed by atoms with E-state index < -0.39 is 0 Å². The normalized spacial score (nSPS) is 25.4. The molecule has 0 amide bonds. The minimum atomic E-state index is -0.286. The molecule has 1 atom stereocenters. The molecule has 0 saturated heterocycles. The fourth-order valence-electron chi connectivity index (χ4n) is 2.50. The van der Waals surface area contributed by atoms with E-state index in [1.165, 1.54) is 12.8 Å². The molecule has 19 heavy (non-hydrogen) atoms. The minimum absolute atomic E-state index is 0.286. The van der Waals surface area contributed by atoms with E-state index in [9.17, 15) is 0 Å². The highest BCUT2D eigenvalue weighted by atomic mass is 16.5. The van der Waals surface area contributed by atoms with Gasteiger partial charge in [0, 0.05) is 12.5 Å². The summed E-state index contributed by atoms with van der Waals surface area (Å²) in [5.41, 5.74) is 5.99. The van der Waals surface area contributed by atoms with Crippen LogP contribution >= 0.6 is 0 Å². The largest absolute Gasteiger partial charge is 0.379 e. The first kappa shape index (κ1) is 14.5. The fourth-order valence-corrected chi connectivity index (χ4v) is 2.50. The van der Waals surface area contributed by atoms with Gasteiger partial charge in [-0.1, -0.05) is 19.0 Å². The van der Waals surface area contributed by atoms with Crippen LogP contribution in [0.5, 0.6) is 0 Å². The fraction of sp³-hybridized carbons (Fsp3) is 0.857. The van der Waals surface area contributed by atoms with Crippen LogP contribution in [0.1, 0.15) is 69.6 Å². The molecule has 0 radical (unpaired) electrons. The van der Waals surface area contributed by atoms with Gasteiger partial charge in [0.1, 0.15) is 0 Å². The molecule has 2 N–H and O–H groups in total. The van der Waals surface area contributed by atoms with Crippen LogP contribution < -0.4 is 5.73 Å². The second-order valence-corrected chi connectivity index (χ2v) is 5.63. The van der Waals surface area contributed by atoms with Gasteiger partial charge in [-0.2, -0.15) is 4.98 Å². The van der Waals surface area contributed by atoms with Crippen molar-refractivity contribution >= 4 is 0 Å². The van der Waals surface area contributed by atoms with Gasteiger partial charge in [-0.05, 0) is 38.0 Å². The Hall–Kier alpha value is -0.940. The Morgan fingerprint density at radius 2 is 2.11 bits per heavy atom. The summed E-state index contributed by atoms with van der Waals surface area (Å²) in [4.78, 5) is 4.45. The van der Waals surface area contributed by atoms with Crippen molar-refractivity contribution in [2.75, 3.05) is 13.2 Å². The molecule has 1 saturated carbocycles. The van der Waals surface area contributed by atoms with E-state index in [1.807, 2.05) is 0 Å². The summed E-state index contributed by atoms with van der Waals surface area (Å²) in [6.07, 6.45) is 5.77. The molecule has 1 aromatic rings. The smallest absolute Gasteiger partial charge is 0.229 e. The summed E-state index contributed by atoms with van der Waals surface area (Å²) in [5, 5.41) is 4.00. The van der Waals surface area contributed by atoms with Crippen LogP contribution in [0, 0.1) is 5.92 Å². The summed E-state index contributed by atoms with van der Waals surface area (Å²) in [5.74, 6) is 2.57. The number of aromatic nitrogens is 2. The van der Waals surface area contributed by atoms with Crippen molar-refractivity contribution in [3.05, 3.63) is 11.7 Å². The highest BCUT2D eigenvalue weighted by molar-refractivity contribution is 4.99. The predicted molar refractivity (Wildman–Crippen MR) is 72.7 cm³/mol. The van der Waals surface area contributed by atoms with Crippen molar-refractivity contribution in [2.45, 2.75) is 57.9 Å². The molecular weight excluding hydrogens is 242 g/mol. The van der Waals surface area contributed by atoms with E-state index in [-0.39, 0.29) is 6.04 Å². The second-order valence-electron chi connectivity index (χ2n) is 5.63. The van der Waals surface area contributed by atoms with E-state index in [0.29, 0.717) is 18.3 Å². The highest BCUT2D eigenvalue weighted by Crippen LogP contribution is 2.34. The molecule has 0 bridgehead atoms. The van der Waals surface area contributed by atoms with Crippen molar-refractivity contribution in [1.82, 2.24) is 10.1 Å². The number of nitrogens with zero attached hydrogens (tertiary/aromatic N) is 2. The summed E-state index contributed by atoms with van der Waals surface area (Å²) in [7, 11) is 0. The third-order valence-electron chi connectivity index (χ3n) is 3.80. The molecule has 2 rings (SSSR count). The van der Waals surface area contributed by atoms with Crippen LogP contribution in [-0.2, 0) is 4.74 Å². The maximum atomic E-state index is 5.99. The van der Waals surface area contributed by atoms with Crippen LogP contribution in [0.4, 0.5) is 0 Å². The molecule has 1 fully saturated rings. The maximum Gasteiger partial charge on any atom is 0.229 e. The molecule has 1 unspecified atom stereocenters. The zero-order valence-corrected chi connectivity index (χ0v) is 12.0. The van der Waals surface area contributed by atoms with E-state index in [1.54, 1.807) is 0 Å². The van der Waals surface area contributed by atoms with Crippen molar-refractivity contribution in [3.63, 3.8) is 0 Å². The Morgan fingerprint density at radius 3 is 2.79 bits per heavy atom. The Labute approximate surface area is 114 Å². The van der Waals surface area contributed by atoms with Gasteiger partial charge in [0.25, 0.3) is 0 Å². The lowest BCUT2D eigenvalue weighted by atomic mass is 9.83. The quantitative estimate of drug-likeness (QED) is 0.802. The van der Waals surface area contributed by atoms with Gasteiger partial charge < -0.3 is 15.0 Å². The molecule has 1 aromatic heterocycles. The first-order valence-electron chi connectivity index (χ1n) is 7.37. The van der Waals surface area contributed by atoms with Gasteiger partial charge >= 0.3 is 0 Å². The molecule has 5 nitrogen and oxygen atoms in total. The molecule has 1 heterocycles. The van der Waals surface area contributed by atoms with Gasteiger partial charge in [-0.3, -0.25) is 0 Å². The maximum absolute atomic E-state index is 5.99. The average Bonchev–Trinajstić information content (AvgIpc) is 2.89. The standard InChI is InChI=1S/C14H25N3O2/c1-3-8-18-9-12(15)13-16-14(19-17-13)11-6-4-10(2)5-7-11/h10-12H,3-9,15H2,1-2H3. The van der Waals surface area contributed by atoms with E-state index >= 15 is 0 Å². The molecule has 1 aliphatic rings. The molecule has 1 aliphatic carbocycles. The van der Waals surface area contributed by atoms with Crippen molar-refractivity contribution in [3.8, 4) is 0 Å². The summed E-state index contributed by atoms with van der Waals surface area (Å²) in [6.45, 7) is 5.55. The summed E-state index contributed by atoms with van der Waals surface area (Å²) in [6, 6.07) is -0.286. The molecule has 108 valence electrons. The number of nitrogens with two attached hydrogens (primary N) is 1. The van der Waals surface area contributed by atoms with Crippen molar-refractivity contribution in [2.24, 2.45) is 11.7 Å². The van der Waals surface area contributed by atoms with Crippen LogP contribution in [0.15, 0.2) is 4.52 Å². The lowest BCUT2D eigenvalue weighted by Crippen LogP contribution is -2.19. The Morgan fingerprint density at radius 1 is 1.37 bits per heavy atom. The van der Waals surface area contributed by atoms with E-state index in [0.717, 1.165) is 37.7 Å². The van der Waals surface area contributed by atoms with Gasteiger partial charge in [0.15, 0.2) is 5.82 Å². The monoisotopic (exact) mass is 267 g/mol. The second kappa shape index (κ2) is 7.01. The third kappa shape index (κ3) is 4.01. The minimum Gasteiger partial charge on any atom is -0.379 e. The highest BCUT2D eigenvalue weighted by Gasteiger charge is 2.25. The first-order valence-corrected chi connectivity index (χ1v) is 7.37. The van der Waals surface area contributed by atoms with Gasteiger partial charge in [0.2, 0.25) is 5.89 Å². The van der Waals surface area contributed by atoms with Crippen molar-refractivity contribution < 1.29 is 9.26 Å². The van der Waals surface area contributed by atoms with Gasteiger partial charge in [-0.15, -0.1) is 0 Å². The molecule has 5 heteroatoms. The van der Waals surface area contributed by atoms with Gasteiger partial charge in [0.05, 0.1) is 12.6 Å². The zero-order chi connectivity index (χ0) is 13.7. The van der Waals surface area contributed by atoms with Crippen LogP contribution in [0.25, 0.3) is 0 Å². The SMILES string of the molecule is CCCOCC(N)c1noc(C2CCC(C)CC2)n1. The van der Waals surface area contributed by atoms with E-state index in [4.69, 9.17) is 15.0 Å². The van der Waals surface area contributed by atoms with Crippen LogP contribution in [0.3, 0.4) is 0 Å². The number of hydrogen-bond acceptors (Lipinski definition) is 5. The topological polar surface area (TPSA) is 74.2 Å². The average molecular weight is 267 g/mol. The van der Waals surface area contributed by atoms with Crippen molar-refractivity contribution in [1.29, 1.82) is 0 Å². The summed E-state index contributed by atoms with van der Waals surface area (Å²) >= 11 is 0. The number of ether oxygens (including phenoxy) is 1. The van der Waals surface area contributed by atoms with Crippen LogP contribution in [-0.4, -0.2) is 23.4 Å². The predicted octanol–water partition coefficient (Wildman–Crippen LogP) is 2.79. The number of rotatable bonds is 6. The van der Waals surface area contributed by atoms with Gasteiger partial charge in [-0.25, -0.2) is 0 Å². The summed E-state index contributed by atoms with van der Waals surface area (Å²) < 4.78 is 10.8. The Kier molecular flexibility index (Phi) is 5.34. The van der Waals surface area contributed by atoms with E-state index in [2.05, 4.69) is 24.0 Å². The lowest BCUT2D eigenvalue weighted by Gasteiger charge is -2.23. The first-order chi connectivity index (χ1) is 9.20. The zero-order valence-electron chi connectivity index (χ0n) is 12.0. The molecule has 0 aromatic carbocycles. The molecular formula is C14H25N3O2. The Balaban J connectivity index is 1.87. The Bertz CT molecular complexity index is 373. The molecule has 0 spiro atoms. The lowest BCUT2D eigenvalue weighted by molar-refractivity contribution is 0.119. The molecule has 0 aliphatic heterocycles.